The van der Waals surface area contributed by atoms with Gasteiger partial charge in [0.1, 0.15) is 5.75 Å². The van der Waals surface area contributed by atoms with Crippen molar-refractivity contribution in [1.29, 1.82) is 0 Å². The molecule has 4 aromatic rings. The number of pyridine rings is 1. The fraction of sp³-hybridized carbons (Fsp3) is 0.310. The molecule has 2 aromatic carbocycles. The third-order valence-electron chi connectivity index (χ3n) is 6.49. The van der Waals surface area contributed by atoms with Crippen LogP contribution < -0.4 is 24.2 Å². The van der Waals surface area contributed by atoms with E-state index < -0.39 is 5.97 Å². The number of benzene rings is 2. The van der Waals surface area contributed by atoms with Crippen LogP contribution in [0.15, 0.2) is 53.7 Å². The summed E-state index contributed by atoms with van der Waals surface area (Å²) in [5.74, 6) is -0.158. The Bertz CT molecular complexity index is 1540. The second-order valence-corrected chi connectivity index (χ2v) is 10.6. The highest BCUT2D eigenvalue weighted by molar-refractivity contribution is 7.97. The molecule has 2 aromatic heterocycles. The number of hydrogen-bond acceptors (Lipinski definition) is 10. The second-order valence-electron chi connectivity index (χ2n) is 9.70. The number of rotatable bonds is 11. The van der Waals surface area contributed by atoms with Crippen LogP contribution in [0.5, 0.6) is 17.6 Å². The Morgan fingerprint density at radius 3 is 2.58 bits per heavy atom. The van der Waals surface area contributed by atoms with Gasteiger partial charge in [-0.25, -0.2) is 9.78 Å². The van der Waals surface area contributed by atoms with Crippen molar-refractivity contribution in [3.8, 4) is 28.8 Å². The summed E-state index contributed by atoms with van der Waals surface area (Å²) in [6.45, 7) is 3.80. The Labute approximate surface area is 236 Å². The summed E-state index contributed by atoms with van der Waals surface area (Å²) in [6.07, 6.45) is 6.88. The number of nitrogens with one attached hydrogen (secondary N) is 2. The normalized spacial score (nSPS) is 13.2. The first-order chi connectivity index (χ1) is 19.3. The van der Waals surface area contributed by atoms with E-state index in [0.717, 1.165) is 39.9 Å². The van der Waals surface area contributed by atoms with Gasteiger partial charge in [0.25, 0.3) is 0 Å². The molecular weight excluding hydrogens is 530 g/mol. The molecule has 11 heteroatoms. The lowest BCUT2D eigenvalue weighted by atomic mass is 9.94. The Balaban J connectivity index is 1.58. The van der Waals surface area contributed by atoms with E-state index in [2.05, 4.69) is 20.0 Å². The molecule has 0 spiro atoms. The SMILES string of the molecule is COc1ncc(-c2ccc3c(Nc4cc(OC(C)C)cc(C(=O)O)c4)c(SNC4CCC4)cnc3c2)c(OC)n1. The van der Waals surface area contributed by atoms with Crippen LogP contribution in [-0.2, 0) is 0 Å². The minimum absolute atomic E-state index is 0.103. The zero-order chi connectivity index (χ0) is 28.2. The van der Waals surface area contributed by atoms with Crippen molar-refractivity contribution < 1.29 is 24.1 Å². The molecule has 0 saturated heterocycles. The standard InChI is InChI=1S/C29H31N5O5S/c1-16(2)39-21-11-18(28(35)36)10-20(13-21)32-26-22-9-8-17(23-14-31-29(38-4)33-27(23)37-3)12-24(22)30-15-25(26)40-34-19-6-5-7-19/h8-16,19,34H,5-7H2,1-4H3,(H,30,32)(H,35,36). The summed E-state index contributed by atoms with van der Waals surface area (Å²) in [5, 5.41) is 14.1. The van der Waals surface area contributed by atoms with Gasteiger partial charge in [-0.05, 0) is 62.4 Å². The first kappa shape index (κ1) is 27.5. The minimum Gasteiger partial charge on any atom is -0.491 e. The zero-order valence-corrected chi connectivity index (χ0v) is 23.5. The summed E-state index contributed by atoms with van der Waals surface area (Å²) < 4.78 is 20.0. The van der Waals surface area contributed by atoms with Crippen molar-refractivity contribution >= 4 is 40.2 Å². The van der Waals surface area contributed by atoms with Crippen LogP contribution in [0.1, 0.15) is 43.5 Å². The van der Waals surface area contributed by atoms with Crippen molar-refractivity contribution in [2.24, 2.45) is 0 Å². The Morgan fingerprint density at radius 1 is 1.07 bits per heavy atom. The molecule has 1 saturated carbocycles. The third kappa shape index (κ3) is 6.05. The fourth-order valence-electron chi connectivity index (χ4n) is 4.30. The molecule has 40 heavy (non-hydrogen) atoms. The van der Waals surface area contributed by atoms with Gasteiger partial charge in [-0.1, -0.05) is 18.6 Å². The summed E-state index contributed by atoms with van der Waals surface area (Å²) in [6, 6.07) is 11.5. The molecule has 0 amide bonds. The molecule has 5 rings (SSSR count). The lowest BCUT2D eigenvalue weighted by molar-refractivity contribution is 0.0696. The minimum atomic E-state index is -1.03. The molecule has 2 heterocycles. The van der Waals surface area contributed by atoms with E-state index in [1.807, 2.05) is 38.2 Å². The van der Waals surface area contributed by atoms with Gasteiger partial charge >= 0.3 is 12.0 Å². The first-order valence-corrected chi connectivity index (χ1v) is 13.8. The molecule has 0 bridgehead atoms. The van der Waals surface area contributed by atoms with Crippen molar-refractivity contribution in [3.05, 3.63) is 54.4 Å². The first-order valence-electron chi connectivity index (χ1n) is 13.0. The van der Waals surface area contributed by atoms with E-state index in [1.54, 1.807) is 25.4 Å². The number of carboxylic acid groups (broad SMARTS) is 1. The van der Waals surface area contributed by atoms with Crippen molar-refractivity contribution in [1.82, 2.24) is 19.7 Å². The molecule has 1 fully saturated rings. The highest BCUT2D eigenvalue weighted by Crippen LogP contribution is 2.39. The zero-order valence-electron chi connectivity index (χ0n) is 22.7. The second kappa shape index (κ2) is 12.0. The monoisotopic (exact) mass is 561 g/mol. The number of aromatic carboxylic acids is 1. The van der Waals surface area contributed by atoms with Gasteiger partial charge in [-0.2, -0.15) is 4.98 Å². The van der Waals surface area contributed by atoms with E-state index in [-0.39, 0.29) is 17.7 Å². The van der Waals surface area contributed by atoms with Crippen LogP contribution in [0.3, 0.4) is 0 Å². The number of carboxylic acids is 1. The topological polar surface area (TPSA) is 128 Å². The number of carbonyl (C=O) groups is 1. The van der Waals surface area contributed by atoms with Gasteiger partial charge < -0.3 is 24.6 Å². The summed E-state index contributed by atoms with van der Waals surface area (Å²) in [4.78, 5) is 26.1. The molecule has 0 atom stereocenters. The molecule has 0 aliphatic heterocycles. The molecule has 1 aliphatic carbocycles. The van der Waals surface area contributed by atoms with Gasteiger partial charge in [-0.15, -0.1) is 0 Å². The number of fused-ring (bicyclic) bond motifs is 1. The molecule has 0 radical (unpaired) electrons. The van der Waals surface area contributed by atoms with Crippen LogP contribution in [0, 0.1) is 0 Å². The average molecular weight is 562 g/mol. The molecule has 1 aliphatic rings. The quantitative estimate of drug-likeness (QED) is 0.184. The maximum absolute atomic E-state index is 11.9. The number of ether oxygens (including phenoxy) is 3. The van der Waals surface area contributed by atoms with Crippen molar-refractivity contribution in [2.75, 3.05) is 19.5 Å². The van der Waals surface area contributed by atoms with E-state index in [1.165, 1.54) is 31.5 Å². The third-order valence-corrected chi connectivity index (χ3v) is 7.47. The van der Waals surface area contributed by atoms with E-state index >= 15 is 0 Å². The van der Waals surface area contributed by atoms with Gasteiger partial charge in [0.05, 0.1) is 47.6 Å². The van der Waals surface area contributed by atoms with Crippen LogP contribution in [0.25, 0.3) is 22.0 Å². The predicted molar refractivity (Wildman–Crippen MR) is 155 cm³/mol. The fourth-order valence-corrected chi connectivity index (χ4v) is 5.20. The maximum atomic E-state index is 11.9. The number of nitrogens with zero attached hydrogens (tertiary/aromatic N) is 3. The van der Waals surface area contributed by atoms with Gasteiger partial charge in [-0.3, -0.25) is 9.71 Å². The van der Waals surface area contributed by atoms with Crippen molar-refractivity contribution in [2.45, 2.75) is 50.2 Å². The van der Waals surface area contributed by atoms with Crippen LogP contribution >= 0.6 is 11.9 Å². The van der Waals surface area contributed by atoms with Crippen LogP contribution in [0.4, 0.5) is 11.4 Å². The van der Waals surface area contributed by atoms with Crippen molar-refractivity contribution in [3.63, 3.8) is 0 Å². The van der Waals surface area contributed by atoms with Gasteiger partial charge in [0.2, 0.25) is 5.88 Å². The Morgan fingerprint density at radius 2 is 1.90 bits per heavy atom. The number of aromatic nitrogens is 3. The molecule has 0 unspecified atom stereocenters. The number of methoxy groups -OCH3 is 2. The highest BCUT2D eigenvalue weighted by atomic mass is 32.2. The Kier molecular flexibility index (Phi) is 8.22. The number of anilines is 2. The highest BCUT2D eigenvalue weighted by Gasteiger charge is 2.20. The lowest BCUT2D eigenvalue weighted by Gasteiger charge is -2.26. The summed E-state index contributed by atoms with van der Waals surface area (Å²) in [5.41, 5.74) is 3.82. The molecular formula is C29H31N5O5S. The molecule has 3 N–H and O–H groups in total. The van der Waals surface area contributed by atoms with Crippen LogP contribution in [0.2, 0.25) is 0 Å². The maximum Gasteiger partial charge on any atom is 0.335 e. The molecule has 10 nitrogen and oxygen atoms in total. The van der Waals surface area contributed by atoms with E-state index in [4.69, 9.17) is 19.2 Å². The molecule has 208 valence electrons. The van der Waals surface area contributed by atoms with E-state index in [0.29, 0.717) is 28.9 Å². The number of hydrogen-bond donors (Lipinski definition) is 3. The summed E-state index contributed by atoms with van der Waals surface area (Å²) >= 11 is 1.52. The van der Waals surface area contributed by atoms with Crippen LogP contribution in [-0.4, -0.2) is 52.4 Å². The van der Waals surface area contributed by atoms with Gasteiger partial charge in [0, 0.05) is 35.6 Å². The smallest absolute Gasteiger partial charge is 0.335 e. The Hall–Kier alpha value is -4.09. The van der Waals surface area contributed by atoms with E-state index in [9.17, 15) is 9.90 Å². The predicted octanol–water partition coefficient (Wildman–Crippen LogP) is 6.09. The van der Waals surface area contributed by atoms with Gasteiger partial charge in [0.15, 0.2) is 0 Å². The lowest BCUT2D eigenvalue weighted by Crippen LogP contribution is -2.30. The average Bonchev–Trinajstić information content (AvgIpc) is 2.92. The largest absolute Gasteiger partial charge is 0.491 e. The summed E-state index contributed by atoms with van der Waals surface area (Å²) in [7, 11) is 3.05.